The number of methoxy groups -OCH3 is 1. The van der Waals surface area contributed by atoms with E-state index in [4.69, 9.17) is 9.84 Å². The molecule has 0 aromatic heterocycles. The maximum Gasteiger partial charge on any atom is 0.122 e. The molecule has 16 heavy (non-hydrogen) atoms. The van der Waals surface area contributed by atoms with E-state index in [0.29, 0.717) is 5.92 Å². The van der Waals surface area contributed by atoms with E-state index in [1.807, 2.05) is 6.07 Å². The van der Waals surface area contributed by atoms with Crippen molar-refractivity contribution in [3.05, 3.63) is 29.3 Å². The van der Waals surface area contributed by atoms with Crippen LogP contribution in [0.4, 0.5) is 0 Å². The lowest BCUT2D eigenvalue weighted by Crippen LogP contribution is -1.97. The minimum Gasteiger partial charge on any atom is -0.496 e. The van der Waals surface area contributed by atoms with Crippen LogP contribution < -0.4 is 4.74 Å². The third kappa shape index (κ3) is 3.53. The second kappa shape index (κ2) is 6.54. The van der Waals surface area contributed by atoms with Crippen LogP contribution in [0.15, 0.2) is 18.2 Å². The first-order valence-corrected chi connectivity index (χ1v) is 5.96. The highest BCUT2D eigenvalue weighted by Crippen LogP contribution is 2.25. The number of rotatable bonds is 6. The van der Waals surface area contributed by atoms with Gasteiger partial charge in [0.25, 0.3) is 0 Å². The zero-order valence-electron chi connectivity index (χ0n) is 10.5. The molecule has 90 valence electrons. The third-order valence-electron chi connectivity index (χ3n) is 2.83. The van der Waals surface area contributed by atoms with Crippen molar-refractivity contribution in [1.82, 2.24) is 0 Å². The van der Waals surface area contributed by atoms with Crippen molar-refractivity contribution < 1.29 is 9.84 Å². The lowest BCUT2D eigenvalue weighted by Gasteiger charge is -2.12. The number of aliphatic hydroxyl groups is 1. The van der Waals surface area contributed by atoms with Crippen LogP contribution in [0, 0.1) is 0 Å². The zero-order valence-corrected chi connectivity index (χ0v) is 10.5. The van der Waals surface area contributed by atoms with Crippen LogP contribution in [0.3, 0.4) is 0 Å². The first kappa shape index (κ1) is 13.0. The molecule has 0 amide bonds. The van der Waals surface area contributed by atoms with E-state index in [0.717, 1.165) is 25.0 Å². The van der Waals surface area contributed by atoms with Crippen molar-refractivity contribution in [2.45, 2.75) is 39.0 Å². The number of hydrogen-bond donors (Lipinski definition) is 1. The maximum atomic E-state index is 8.78. The summed E-state index contributed by atoms with van der Waals surface area (Å²) in [5, 5.41) is 8.78. The van der Waals surface area contributed by atoms with Crippen LogP contribution in [-0.2, 0) is 6.42 Å². The smallest absolute Gasteiger partial charge is 0.122 e. The summed E-state index contributed by atoms with van der Waals surface area (Å²) >= 11 is 0. The summed E-state index contributed by atoms with van der Waals surface area (Å²) in [6.45, 7) is 4.66. The molecule has 0 bridgehead atoms. The molecule has 0 aliphatic heterocycles. The Hall–Kier alpha value is -1.02. The van der Waals surface area contributed by atoms with E-state index in [9.17, 15) is 0 Å². The number of aryl methyl sites for hydroxylation is 1. The van der Waals surface area contributed by atoms with Gasteiger partial charge in [0, 0.05) is 6.61 Å². The standard InChI is InChI=1S/C14H22O2/c1-11(2)12-7-8-14(16-3)13(10-12)6-4-5-9-15/h7-8,10-11,15H,4-6,9H2,1-3H3. The van der Waals surface area contributed by atoms with E-state index in [-0.39, 0.29) is 6.61 Å². The van der Waals surface area contributed by atoms with E-state index in [1.54, 1.807) is 7.11 Å². The summed E-state index contributed by atoms with van der Waals surface area (Å²) in [4.78, 5) is 0. The number of hydrogen-bond acceptors (Lipinski definition) is 2. The Morgan fingerprint density at radius 3 is 2.56 bits per heavy atom. The van der Waals surface area contributed by atoms with Crippen LogP contribution in [0.5, 0.6) is 5.75 Å². The van der Waals surface area contributed by atoms with Crippen molar-refractivity contribution in [2.24, 2.45) is 0 Å². The van der Waals surface area contributed by atoms with Gasteiger partial charge in [-0.15, -0.1) is 0 Å². The van der Waals surface area contributed by atoms with Crippen molar-refractivity contribution in [3.63, 3.8) is 0 Å². The summed E-state index contributed by atoms with van der Waals surface area (Å²) in [6, 6.07) is 6.39. The van der Waals surface area contributed by atoms with Gasteiger partial charge in [-0.05, 0) is 42.4 Å². The molecule has 2 heteroatoms. The lowest BCUT2D eigenvalue weighted by molar-refractivity contribution is 0.284. The van der Waals surface area contributed by atoms with Crippen LogP contribution in [0.2, 0.25) is 0 Å². The Labute approximate surface area is 98.3 Å². The Kier molecular flexibility index (Phi) is 5.33. The van der Waals surface area contributed by atoms with Gasteiger partial charge in [0.05, 0.1) is 7.11 Å². The number of unbranched alkanes of at least 4 members (excludes halogenated alkanes) is 1. The lowest BCUT2D eigenvalue weighted by atomic mass is 9.98. The Morgan fingerprint density at radius 1 is 1.25 bits per heavy atom. The average Bonchev–Trinajstić information content (AvgIpc) is 2.29. The monoisotopic (exact) mass is 222 g/mol. The molecule has 1 aromatic rings. The molecule has 0 fully saturated rings. The maximum absolute atomic E-state index is 8.78. The van der Waals surface area contributed by atoms with E-state index >= 15 is 0 Å². The minimum absolute atomic E-state index is 0.270. The van der Waals surface area contributed by atoms with Gasteiger partial charge in [0.1, 0.15) is 5.75 Å². The SMILES string of the molecule is COc1ccc(C(C)C)cc1CCCCO. The van der Waals surface area contributed by atoms with Crippen molar-refractivity contribution in [1.29, 1.82) is 0 Å². The second-order valence-corrected chi connectivity index (χ2v) is 4.41. The molecule has 1 aromatic carbocycles. The fraction of sp³-hybridized carbons (Fsp3) is 0.571. The molecule has 1 N–H and O–H groups in total. The van der Waals surface area contributed by atoms with Gasteiger partial charge in [0.2, 0.25) is 0 Å². The molecular formula is C14H22O2. The van der Waals surface area contributed by atoms with E-state index < -0.39 is 0 Å². The van der Waals surface area contributed by atoms with Gasteiger partial charge in [-0.2, -0.15) is 0 Å². The topological polar surface area (TPSA) is 29.5 Å². The Bertz CT molecular complexity index is 319. The first-order chi connectivity index (χ1) is 7.69. The van der Waals surface area contributed by atoms with Gasteiger partial charge in [0.15, 0.2) is 0 Å². The van der Waals surface area contributed by atoms with Gasteiger partial charge in [-0.25, -0.2) is 0 Å². The molecular weight excluding hydrogens is 200 g/mol. The normalized spacial score (nSPS) is 10.8. The zero-order chi connectivity index (χ0) is 12.0. The number of benzene rings is 1. The van der Waals surface area contributed by atoms with Gasteiger partial charge in [-0.1, -0.05) is 26.0 Å². The highest BCUT2D eigenvalue weighted by atomic mass is 16.5. The van der Waals surface area contributed by atoms with Gasteiger partial charge < -0.3 is 9.84 Å². The largest absolute Gasteiger partial charge is 0.496 e. The molecule has 0 unspecified atom stereocenters. The highest BCUT2D eigenvalue weighted by molar-refractivity contribution is 5.38. The van der Waals surface area contributed by atoms with Gasteiger partial charge in [-0.3, -0.25) is 0 Å². The van der Waals surface area contributed by atoms with Crippen molar-refractivity contribution >= 4 is 0 Å². The van der Waals surface area contributed by atoms with Crippen molar-refractivity contribution in [3.8, 4) is 5.75 Å². The molecule has 1 rings (SSSR count). The molecule has 0 aliphatic carbocycles. The molecule has 0 spiro atoms. The predicted octanol–water partition coefficient (Wildman–Crippen LogP) is 3.13. The average molecular weight is 222 g/mol. The molecule has 0 atom stereocenters. The fourth-order valence-corrected chi connectivity index (χ4v) is 1.78. The highest BCUT2D eigenvalue weighted by Gasteiger charge is 2.06. The fourth-order valence-electron chi connectivity index (χ4n) is 1.78. The number of ether oxygens (including phenoxy) is 1. The van der Waals surface area contributed by atoms with Crippen LogP contribution >= 0.6 is 0 Å². The van der Waals surface area contributed by atoms with Crippen LogP contribution in [0.1, 0.15) is 43.7 Å². The summed E-state index contributed by atoms with van der Waals surface area (Å²) < 4.78 is 5.35. The molecule has 0 saturated carbocycles. The van der Waals surface area contributed by atoms with Crippen LogP contribution in [-0.4, -0.2) is 18.8 Å². The second-order valence-electron chi connectivity index (χ2n) is 4.41. The molecule has 0 heterocycles. The van der Waals surface area contributed by atoms with E-state index in [1.165, 1.54) is 11.1 Å². The molecule has 2 nitrogen and oxygen atoms in total. The third-order valence-corrected chi connectivity index (χ3v) is 2.83. The molecule has 0 aliphatic rings. The van der Waals surface area contributed by atoms with Gasteiger partial charge >= 0.3 is 0 Å². The molecule has 0 saturated heterocycles. The summed E-state index contributed by atoms with van der Waals surface area (Å²) in [5.74, 6) is 1.50. The summed E-state index contributed by atoms with van der Waals surface area (Å²) in [7, 11) is 1.71. The predicted molar refractivity (Wildman–Crippen MR) is 67.1 cm³/mol. The Balaban J connectivity index is 2.80. The first-order valence-electron chi connectivity index (χ1n) is 5.96. The van der Waals surface area contributed by atoms with E-state index in [2.05, 4.69) is 26.0 Å². The summed E-state index contributed by atoms with van der Waals surface area (Å²) in [5.41, 5.74) is 2.60. The Morgan fingerprint density at radius 2 is 2.00 bits per heavy atom. The number of aliphatic hydroxyl groups excluding tert-OH is 1. The van der Waals surface area contributed by atoms with Crippen molar-refractivity contribution in [2.75, 3.05) is 13.7 Å². The summed E-state index contributed by atoms with van der Waals surface area (Å²) in [6.07, 6.45) is 2.84. The minimum atomic E-state index is 0.270. The quantitative estimate of drug-likeness (QED) is 0.749. The van der Waals surface area contributed by atoms with Crippen LogP contribution in [0.25, 0.3) is 0 Å². The molecule has 0 radical (unpaired) electrons.